The number of amides is 2. The molecule has 1 N–H and O–H groups in total. The van der Waals surface area contributed by atoms with Crippen molar-refractivity contribution in [3.8, 4) is 0 Å². The lowest BCUT2D eigenvalue weighted by molar-refractivity contribution is -0.384. The average molecular weight is 477 g/mol. The van der Waals surface area contributed by atoms with Gasteiger partial charge in [-0.05, 0) is 25.0 Å². The van der Waals surface area contributed by atoms with Crippen molar-refractivity contribution in [2.45, 2.75) is 32.9 Å². The number of aryl methyl sites for hydroxylation is 1. The molecule has 2 amide bonds. The Labute approximate surface area is 193 Å². The molecular weight excluding hydrogens is 448 g/mol. The van der Waals surface area contributed by atoms with Gasteiger partial charge in [0, 0.05) is 25.7 Å². The van der Waals surface area contributed by atoms with Crippen LogP contribution in [0.5, 0.6) is 0 Å². The van der Waals surface area contributed by atoms with Gasteiger partial charge in [0.2, 0.25) is 21.8 Å². The van der Waals surface area contributed by atoms with Gasteiger partial charge in [0.1, 0.15) is 12.6 Å². The van der Waals surface area contributed by atoms with E-state index in [-0.39, 0.29) is 23.8 Å². The molecule has 0 spiro atoms. The van der Waals surface area contributed by atoms with Gasteiger partial charge in [-0.3, -0.25) is 24.0 Å². The number of anilines is 1. The van der Waals surface area contributed by atoms with E-state index in [0.29, 0.717) is 6.42 Å². The first kappa shape index (κ1) is 25.8. The summed E-state index contributed by atoms with van der Waals surface area (Å²) in [6.45, 7) is 3.16. The molecule has 11 heteroatoms. The lowest BCUT2D eigenvalue weighted by atomic mass is 10.1. The number of hydrogen-bond acceptors (Lipinski definition) is 6. The number of carbonyl (C=O) groups is 2. The largest absolute Gasteiger partial charge is 0.357 e. The summed E-state index contributed by atoms with van der Waals surface area (Å²) in [5, 5.41) is 13.7. The molecule has 0 radical (unpaired) electrons. The molecule has 0 aliphatic rings. The van der Waals surface area contributed by atoms with Gasteiger partial charge < -0.3 is 10.2 Å². The Bertz CT molecular complexity index is 1120. The van der Waals surface area contributed by atoms with Gasteiger partial charge >= 0.3 is 0 Å². The summed E-state index contributed by atoms with van der Waals surface area (Å²) >= 11 is 0. The van der Waals surface area contributed by atoms with E-state index >= 15 is 0 Å². The number of sulfonamides is 1. The third kappa shape index (κ3) is 6.75. The summed E-state index contributed by atoms with van der Waals surface area (Å²) in [6, 6.07) is 11.7. The number of nitro groups is 1. The van der Waals surface area contributed by atoms with Crippen LogP contribution in [0.3, 0.4) is 0 Å². The second-order valence-electron chi connectivity index (χ2n) is 7.59. The maximum absolute atomic E-state index is 13.4. The van der Waals surface area contributed by atoms with Crippen LogP contribution < -0.4 is 9.62 Å². The normalized spacial score (nSPS) is 12.0. The quantitative estimate of drug-likeness (QED) is 0.413. The van der Waals surface area contributed by atoms with Crippen molar-refractivity contribution in [3.05, 3.63) is 69.8 Å². The van der Waals surface area contributed by atoms with E-state index in [4.69, 9.17) is 0 Å². The van der Waals surface area contributed by atoms with E-state index in [1.807, 2.05) is 31.2 Å². The molecule has 0 fully saturated rings. The Balaban J connectivity index is 2.45. The molecule has 2 rings (SSSR count). The number of non-ortho nitro benzene ring substituents is 1. The van der Waals surface area contributed by atoms with Crippen LogP contribution in [0.25, 0.3) is 0 Å². The third-order valence-electron chi connectivity index (χ3n) is 5.11. The average Bonchev–Trinajstić information content (AvgIpc) is 2.77. The van der Waals surface area contributed by atoms with Crippen LogP contribution in [-0.2, 0) is 26.2 Å². The van der Waals surface area contributed by atoms with E-state index < -0.39 is 33.4 Å². The Morgan fingerprint density at radius 3 is 2.30 bits per heavy atom. The highest BCUT2D eigenvalue weighted by Gasteiger charge is 2.31. The molecule has 0 heterocycles. The minimum absolute atomic E-state index is 0.0108. The van der Waals surface area contributed by atoms with Crippen LogP contribution in [0.1, 0.15) is 24.5 Å². The zero-order chi connectivity index (χ0) is 24.8. The first-order valence-corrected chi connectivity index (χ1v) is 12.1. The predicted molar refractivity (Wildman–Crippen MR) is 125 cm³/mol. The first-order valence-electron chi connectivity index (χ1n) is 10.3. The van der Waals surface area contributed by atoms with Crippen molar-refractivity contribution in [2.24, 2.45) is 0 Å². The summed E-state index contributed by atoms with van der Waals surface area (Å²) < 4.78 is 25.8. The van der Waals surface area contributed by atoms with Crippen molar-refractivity contribution in [1.29, 1.82) is 0 Å². The third-order valence-corrected chi connectivity index (χ3v) is 6.25. The van der Waals surface area contributed by atoms with Crippen LogP contribution in [0.2, 0.25) is 0 Å². The number of rotatable bonds is 10. The van der Waals surface area contributed by atoms with Crippen LogP contribution >= 0.6 is 0 Å². The van der Waals surface area contributed by atoms with E-state index in [0.717, 1.165) is 27.8 Å². The van der Waals surface area contributed by atoms with E-state index in [1.54, 1.807) is 6.92 Å². The van der Waals surface area contributed by atoms with Crippen molar-refractivity contribution in [1.82, 2.24) is 10.2 Å². The van der Waals surface area contributed by atoms with Gasteiger partial charge in [-0.1, -0.05) is 42.8 Å². The molecule has 0 unspecified atom stereocenters. The number of carbonyl (C=O) groups excluding carboxylic acids is 2. The summed E-state index contributed by atoms with van der Waals surface area (Å²) in [4.78, 5) is 37.7. The van der Waals surface area contributed by atoms with Gasteiger partial charge in [-0.15, -0.1) is 0 Å². The van der Waals surface area contributed by atoms with Crippen molar-refractivity contribution < 1.29 is 22.9 Å². The van der Waals surface area contributed by atoms with Gasteiger partial charge in [-0.25, -0.2) is 8.42 Å². The Morgan fingerprint density at radius 1 is 1.15 bits per heavy atom. The van der Waals surface area contributed by atoms with Crippen molar-refractivity contribution >= 4 is 33.2 Å². The lowest BCUT2D eigenvalue weighted by Gasteiger charge is -2.32. The van der Waals surface area contributed by atoms with Gasteiger partial charge in [0.25, 0.3) is 5.69 Å². The van der Waals surface area contributed by atoms with Crippen LogP contribution in [-0.4, -0.2) is 55.9 Å². The molecule has 0 saturated heterocycles. The summed E-state index contributed by atoms with van der Waals surface area (Å²) in [7, 11) is -2.50. The SMILES string of the molecule is CC[C@H](C(=O)NC)N(Cc1ccc(C)cc1)C(=O)CN(c1cccc([N+](=O)[O-])c1)S(C)(=O)=O. The summed E-state index contributed by atoms with van der Waals surface area (Å²) in [5.41, 5.74) is 1.49. The number of likely N-dealkylation sites (N-methyl/N-ethyl adjacent to an activating group) is 1. The number of nitrogens with zero attached hydrogens (tertiary/aromatic N) is 3. The first-order chi connectivity index (χ1) is 15.5. The van der Waals surface area contributed by atoms with E-state index in [1.165, 1.54) is 30.1 Å². The second kappa shape index (κ2) is 10.9. The van der Waals surface area contributed by atoms with Gasteiger partial charge in [0.15, 0.2) is 0 Å². The van der Waals surface area contributed by atoms with Crippen LogP contribution in [0.15, 0.2) is 48.5 Å². The number of benzene rings is 2. The molecule has 2 aromatic carbocycles. The fourth-order valence-corrected chi connectivity index (χ4v) is 4.19. The number of nitro benzene ring substituents is 1. The molecule has 0 bridgehead atoms. The zero-order valence-electron chi connectivity index (χ0n) is 19.0. The Morgan fingerprint density at radius 2 is 1.79 bits per heavy atom. The molecule has 33 heavy (non-hydrogen) atoms. The van der Waals surface area contributed by atoms with Gasteiger partial charge in [0.05, 0.1) is 16.9 Å². The standard InChI is InChI=1S/C22H28N4O6S/c1-5-20(22(28)23-3)24(14-17-11-9-16(2)10-12-17)21(27)15-25(33(4,31)32)18-7-6-8-19(13-18)26(29)30/h6-13,20H,5,14-15H2,1-4H3,(H,23,28)/t20-/m1/s1. The molecule has 1 atom stereocenters. The van der Waals surface area contributed by atoms with Crippen LogP contribution in [0, 0.1) is 17.0 Å². The Kier molecular flexibility index (Phi) is 8.52. The highest BCUT2D eigenvalue weighted by atomic mass is 32.2. The highest BCUT2D eigenvalue weighted by Crippen LogP contribution is 2.24. The fraction of sp³-hybridized carbons (Fsp3) is 0.364. The van der Waals surface area contributed by atoms with Crippen molar-refractivity contribution in [2.75, 3.05) is 24.2 Å². The highest BCUT2D eigenvalue weighted by molar-refractivity contribution is 7.92. The molecule has 0 aliphatic heterocycles. The number of hydrogen-bond donors (Lipinski definition) is 1. The molecule has 178 valence electrons. The lowest BCUT2D eigenvalue weighted by Crippen LogP contribution is -2.51. The smallest absolute Gasteiger partial charge is 0.271 e. The van der Waals surface area contributed by atoms with Crippen molar-refractivity contribution in [3.63, 3.8) is 0 Å². The zero-order valence-corrected chi connectivity index (χ0v) is 19.8. The summed E-state index contributed by atoms with van der Waals surface area (Å²) in [6.07, 6.45) is 1.23. The maximum Gasteiger partial charge on any atom is 0.271 e. The fourth-order valence-electron chi connectivity index (χ4n) is 3.35. The molecule has 0 saturated carbocycles. The molecule has 0 aliphatic carbocycles. The molecular formula is C22H28N4O6S. The molecule has 10 nitrogen and oxygen atoms in total. The Hall–Kier alpha value is -3.47. The second-order valence-corrected chi connectivity index (χ2v) is 9.50. The van der Waals surface area contributed by atoms with E-state index in [9.17, 15) is 28.1 Å². The topological polar surface area (TPSA) is 130 Å². The minimum Gasteiger partial charge on any atom is -0.357 e. The predicted octanol–water partition coefficient (Wildman–Crippen LogP) is 2.22. The summed E-state index contributed by atoms with van der Waals surface area (Å²) in [5.74, 6) is -0.984. The van der Waals surface area contributed by atoms with Gasteiger partial charge in [-0.2, -0.15) is 0 Å². The molecule has 0 aromatic heterocycles. The molecule has 2 aromatic rings. The monoisotopic (exact) mass is 476 g/mol. The van der Waals surface area contributed by atoms with E-state index in [2.05, 4.69) is 5.32 Å². The minimum atomic E-state index is -3.96. The number of nitrogens with one attached hydrogen (secondary N) is 1. The maximum atomic E-state index is 13.4. The van der Waals surface area contributed by atoms with Crippen LogP contribution in [0.4, 0.5) is 11.4 Å².